The van der Waals surface area contributed by atoms with Crippen LogP contribution in [0.5, 0.6) is 0 Å². The van der Waals surface area contributed by atoms with E-state index in [0.29, 0.717) is 12.1 Å². The van der Waals surface area contributed by atoms with Gasteiger partial charge in [-0.25, -0.2) is 4.98 Å². The summed E-state index contributed by atoms with van der Waals surface area (Å²) in [4.78, 5) is 17.4. The number of pyridine rings is 1. The number of hydrogen-bond acceptors (Lipinski definition) is 5. The Hall–Kier alpha value is -2.99. The van der Waals surface area contributed by atoms with Gasteiger partial charge in [0, 0.05) is 24.1 Å². The van der Waals surface area contributed by atoms with E-state index >= 15 is 0 Å². The number of nitrogens with zero attached hydrogens (tertiary/aromatic N) is 4. The van der Waals surface area contributed by atoms with Gasteiger partial charge in [-0.15, -0.1) is 10.2 Å². The fourth-order valence-electron chi connectivity index (χ4n) is 3.30. The standard InChI is InChI=1S/C23H22N4OS/c1-15-6-4-9-20-19(15)10-11-21(25-20)22(28)13-17-7-5-8-18(12-17)16(2)29-23-26-24-14-27(23)3/h4-12,14,16H,13H2,1-3H3/t16-/m0/s1. The second-order valence-electron chi connectivity index (χ2n) is 7.17. The molecule has 0 saturated carbocycles. The molecular weight excluding hydrogens is 380 g/mol. The zero-order valence-corrected chi connectivity index (χ0v) is 17.5. The fourth-order valence-corrected chi connectivity index (χ4v) is 4.21. The number of ketones is 1. The lowest BCUT2D eigenvalue weighted by Crippen LogP contribution is -2.06. The van der Waals surface area contributed by atoms with Gasteiger partial charge >= 0.3 is 0 Å². The highest BCUT2D eigenvalue weighted by Gasteiger charge is 2.14. The first-order valence-electron chi connectivity index (χ1n) is 9.50. The first kappa shape index (κ1) is 19.3. The van der Waals surface area contributed by atoms with Crippen LogP contribution in [-0.2, 0) is 13.5 Å². The van der Waals surface area contributed by atoms with Crippen molar-refractivity contribution in [3.05, 3.63) is 83.3 Å². The van der Waals surface area contributed by atoms with Gasteiger partial charge in [0.1, 0.15) is 12.0 Å². The molecule has 146 valence electrons. The number of carbonyl (C=O) groups is 1. The second kappa shape index (κ2) is 8.17. The molecule has 4 aromatic rings. The molecule has 0 bridgehead atoms. The lowest BCUT2D eigenvalue weighted by molar-refractivity contribution is 0.0988. The predicted octanol–water partition coefficient (Wildman–Crippen LogP) is 4.95. The number of aryl methyl sites for hydroxylation is 2. The zero-order chi connectivity index (χ0) is 20.4. The molecule has 0 saturated heterocycles. The third kappa shape index (κ3) is 4.22. The van der Waals surface area contributed by atoms with Gasteiger partial charge < -0.3 is 4.57 Å². The average Bonchev–Trinajstić information content (AvgIpc) is 3.12. The molecule has 0 spiro atoms. The third-order valence-electron chi connectivity index (χ3n) is 4.97. The molecule has 6 heteroatoms. The van der Waals surface area contributed by atoms with Crippen molar-refractivity contribution in [2.75, 3.05) is 0 Å². The smallest absolute Gasteiger partial charge is 0.191 e. The van der Waals surface area contributed by atoms with Crippen LogP contribution in [0.25, 0.3) is 10.9 Å². The van der Waals surface area contributed by atoms with E-state index in [2.05, 4.69) is 47.2 Å². The Balaban J connectivity index is 1.51. The largest absolute Gasteiger partial charge is 0.312 e. The number of fused-ring (bicyclic) bond motifs is 1. The summed E-state index contributed by atoms with van der Waals surface area (Å²) in [5, 5.41) is 10.2. The van der Waals surface area contributed by atoms with Gasteiger partial charge in [-0.2, -0.15) is 0 Å². The van der Waals surface area contributed by atoms with E-state index in [1.165, 1.54) is 0 Å². The summed E-state index contributed by atoms with van der Waals surface area (Å²) in [5.74, 6) is 0.0270. The second-order valence-corrected chi connectivity index (χ2v) is 8.48. The van der Waals surface area contributed by atoms with E-state index in [1.807, 2.05) is 48.0 Å². The number of Topliss-reactive ketones (excluding diaryl/α,β-unsaturated/α-hetero) is 1. The van der Waals surface area contributed by atoms with Gasteiger partial charge in [0.15, 0.2) is 10.9 Å². The van der Waals surface area contributed by atoms with E-state index in [9.17, 15) is 4.79 Å². The number of hydrogen-bond donors (Lipinski definition) is 0. The summed E-state index contributed by atoms with van der Waals surface area (Å²) in [6.07, 6.45) is 2.03. The summed E-state index contributed by atoms with van der Waals surface area (Å²) >= 11 is 1.65. The number of thioether (sulfide) groups is 1. The molecular formula is C23H22N4OS. The summed E-state index contributed by atoms with van der Waals surface area (Å²) in [7, 11) is 1.93. The average molecular weight is 403 g/mol. The monoisotopic (exact) mass is 402 g/mol. The van der Waals surface area contributed by atoms with Crippen LogP contribution < -0.4 is 0 Å². The third-order valence-corrected chi connectivity index (χ3v) is 6.18. The molecule has 0 amide bonds. The summed E-state index contributed by atoms with van der Waals surface area (Å²) in [6.45, 7) is 4.19. The molecule has 5 nitrogen and oxygen atoms in total. The summed E-state index contributed by atoms with van der Waals surface area (Å²) in [5.41, 5.74) is 4.68. The van der Waals surface area contributed by atoms with Crippen molar-refractivity contribution in [3.8, 4) is 0 Å². The molecule has 2 aromatic carbocycles. The van der Waals surface area contributed by atoms with Crippen LogP contribution >= 0.6 is 11.8 Å². The quantitative estimate of drug-likeness (QED) is 0.337. The molecule has 0 aliphatic rings. The van der Waals surface area contributed by atoms with Crippen LogP contribution in [0.2, 0.25) is 0 Å². The SMILES string of the molecule is Cc1cccc2nc(C(=O)Cc3cccc([C@H](C)Sc4nncn4C)c3)ccc12. The molecule has 0 aliphatic heterocycles. The highest BCUT2D eigenvalue weighted by atomic mass is 32.2. The van der Waals surface area contributed by atoms with Gasteiger partial charge in [0.2, 0.25) is 0 Å². The first-order chi connectivity index (χ1) is 14.0. The van der Waals surface area contributed by atoms with Crippen molar-refractivity contribution >= 4 is 28.4 Å². The Morgan fingerprint density at radius 1 is 1.14 bits per heavy atom. The molecule has 29 heavy (non-hydrogen) atoms. The number of carbonyl (C=O) groups excluding carboxylic acids is 1. The highest BCUT2D eigenvalue weighted by molar-refractivity contribution is 7.99. The van der Waals surface area contributed by atoms with Crippen LogP contribution in [0, 0.1) is 6.92 Å². The minimum atomic E-state index is 0.0270. The van der Waals surface area contributed by atoms with E-state index in [4.69, 9.17) is 0 Å². The zero-order valence-electron chi connectivity index (χ0n) is 16.7. The Bertz CT molecular complexity index is 1180. The lowest BCUT2D eigenvalue weighted by atomic mass is 10.0. The molecule has 1 atom stereocenters. The number of rotatable bonds is 6. The molecule has 0 fully saturated rings. The van der Waals surface area contributed by atoms with Crippen molar-refractivity contribution in [1.82, 2.24) is 19.7 Å². The molecule has 0 aliphatic carbocycles. The van der Waals surface area contributed by atoms with Crippen molar-refractivity contribution in [3.63, 3.8) is 0 Å². The minimum Gasteiger partial charge on any atom is -0.312 e. The fraction of sp³-hybridized carbons (Fsp3) is 0.217. The Morgan fingerprint density at radius 2 is 1.97 bits per heavy atom. The van der Waals surface area contributed by atoms with Crippen LogP contribution in [-0.4, -0.2) is 25.5 Å². The highest BCUT2D eigenvalue weighted by Crippen LogP contribution is 2.33. The summed E-state index contributed by atoms with van der Waals surface area (Å²) in [6, 6.07) is 18.0. The first-order valence-corrected chi connectivity index (χ1v) is 10.4. The van der Waals surface area contributed by atoms with Crippen molar-refractivity contribution in [2.24, 2.45) is 7.05 Å². The van der Waals surface area contributed by atoms with Crippen molar-refractivity contribution in [2.45, 2.75) is 30.7 Å². The Kier molecular flexibility index (Phi) is 5.45. The lowest BCUT2D eigenvalue weighted by Gasteiger charge is -2.12. The van der Waals surface area contributed by atoms with E-state index in [0.717, 1.165) is 32.7 Å². The molecule has 4 rings (SSSR count). The predicted molar refractivity (Wildman–Crippen MR) is 116 cm³/mol. The van der Waals surface area contributed by atoms with Crippen LogP contribution in [0.4, 0.5) is 0 Å². The molecule has 0 radical (unpaired) electrons. The van der Waals surface area contributed by atoms with Gasteiger partial charge in [0.05, 0.1) is 5.52 Å². The maximum Gasteiger partial charge on any atom is 0.191 e. The van der Waals surface area contributed by atoms with Crippen LogP contribution in [0.15, 0.2) is 66.1 Å². The normalized spacial score (nSPS) is 12.2. The van der Waals surface area contributed by atoms with Crippen molar-refractivity contribution < 1.29 is 4.79 Å². The van der Waals surface area contributed by atoms with Crippen LogP contribution in [0.3, 0.4) is 0 Å². The van der Waals surface area contributed by atoms with Gasteiger partial charge in [-0.05, 0) is 42.7 Å². The molecule has 2 heterocycles. The maximum absolute atomic E-state index is 12.8. The number of aromatic nitrogens is 4. The molecule has 2 aromatic heterocycles. The molecule has 0 N–H and O–H groups in total. The Labute approximate surface area is 174 Å². The molecule has 0 unspecified atom stereocenters. The number of benzene rings is 2. The van der Waals surface area contributed by atoms with Gasteiger partial charge in [-0.1, -0.05) is 54.2 Å². The van der Waals surface area contributed by atoms with E-state index < -0.39 is 0 Å². The van der Waals surface area contributed by atoms with Gasteiger partial charge in [-0.3, -0.25) is 4.79 Å². The van der Waals surface area contributed by atoms with Crippen LogP contribution in [0.1, 0.15) is 39.4 Å². The topological polar surface area (TPSA) is 60.7 Å². The van der Waals surface area contributed by atoms with E-state index in [-0.39, 0.29) is 11.0 Å². The summed E-state index contributed by atoms with van der Waals surface area (Å²) < 4.78 is 1.90. The van der Waals surface area contributed by atoms with Gasteiger partial charge in [0.25, 0.3) is 0 Å². The minimum absolute atomic E-state index is 0.0270. The van der Waals surface area contributed by atoms with E-state index in [1.54, 1.807) is 18.1 Å². The van der Waals surface area contributed by atoms with Crippen molar-refractivity contribution in [1.29, 1.82) is 0 Å². The Morgan fingerprint density at radius 3 is 2.76 bits per heavy atom. The maximum atomic E-state index is 12.8.